The van der Waals surface area contributed by atoms with Crippen molar-refractivity contribution in [1.82, 2.24) is 9.55 Å². The Kier molecular flexibility index (Phi) is 3.98. The Labute approximate surface area is 148 Å². The SMILES string of the molecule is CN(C)c1ccc(Cc2nc3ccccc3n2-c2ccccc2)cc1. The Hall–Kier alpha value is -3.07. The fourth-order valence-corrected chi connectivity index (χ4v) is 3.15. The van der Waals surface area contributed by atoms with Crippen molar-refractivity contribution in [3.05, 3.63) is 90.3 Å². The fraction of sp³-hybridized carbons (Fsp3) is 0.136. The first-order valence-electron chi connectivity index (χ1n) is 8.50. The average Bonchev–Trinajstić information content (AvgIpc) is 3.00. The van der Waals surface area contributed by atoms with Crippen molar-refractivity contribution in [3.63, 3.8) is 0 Å². The van der Waals surface area contributed by atoms with Gasteiger partial charge in [-0.05, 0) is 42.0 Å². The van der Waals surface area contributed by atoms with Gasteiger partial charge in [0, 0.05) is 31.9 Å². The van der Waals surface area contributed by atoms with Crippen molar-refractivity contribution in [2.75, 3.05) is 19.0 Å². The van der Waals surface area contributed by atoms with E-state index in [1.807, 2.05) is 12.1 Å². The van der Waals surface area contributed by atoms with E-state index in [0.717, 1.165) is 29.0 Å². The van der Waals surface area contributed by atoms with Crippen molar-refractivity contribution >= 4 is 16.7 Å². The van der Waals surface area contributed by atoms with Crippen LogP contribution in [0.3, 0.4) is 0 Å². The van der Waals surface area contributed by atoms with E-state index in [4.69, 9.17) is 4.98 Å². The highest BCUT2D eigenvalue weighted by Crippen LogP contribution is 2.24. The third-order valence-corrected chi connectivity index (χ3v) is 4.46. The molecule has 1 heterocycles. The van der Waals surface area contributed by atoms with Gasteiger partial charge in [-0.15, -0.1) is 0 Å². The Balaban J connectivity index is 1.79. The molecule has 4 rings (SSSR count). The second-order valence-corrected chi connectivity index (χ2v) is 6.43. The van der Waals surface area contributed by atoms with Gasteiger partial charge in [-0.1, -0.05) is 42.5 Å². The molecule has 4 aromatic rings. The molecule has 0 unspecified atom stereocenters. The number of rotatable bonds is 4. The second-order valence-electron chi connectivity index (χ2n) is 6.43. The molecular weight excluding hydrogens is 306 g/mol. The van der Waals surface area contributed by atoms with Crippen LogP contribution in [0.15, 0.2) is 78.9 Å². The van der Waals surface area contributed by atoms with Crippen LogP contribution in [0.25, 0.3) is 16.7 Å². The lowest BCUT2D eigenvalue weighted by Gasteiger charge is -2.13. The number of aromatic nitrogens is 2. The summed E-state index contributed by atoms with van der Waals surface area (Å²) in [5.41, 5.74) is 5.80. The van der Waals surface area contributed by atoms with E-state index < -0.39 is 0 Å². The number of imidazole rings is 1. The van der Waals surface area contributed by atoms with E-state index in [1.165, 1.54) is 11.3 Å². The van der Waals surface area contributed by atoms with Gasteiger partial charge in [0.15, 0.2) is 0 Å². The molecule has 3 nitrogen and oxygen atoms in total. The predicted molar refractivity (Wildman–Crippen MR) is 105 cm³/mol. The van der Waals surface area contributed by atoms with Crippen molar-refractivity contribution in [3.8, 4) is 5.69 Å². The highest BCUT2D eigenvalue weighted by Gasteiger charge is 2.12. The summed E-state index contributed by atoms with van der Waals surface area (Å²) in [4.78, 5) is 7.01. The minimum atomic E-state index is 0.803. The number of hydrogen-bond acceptors (Lipinski definition) is 2. The molecule has 0 bridgehead atoms. The minimum absolute atomic E-state index is 0.803. The first-order valence-corrected chi connectivity index (χ1v) is 8.50. The van der Waals surface area contributed by atoms with Crippen LogP contribution < -0.4 is 4.90 Å². The van der Waals surface area contributed by atoms with Crippen LogP contribution in [-0.4, -0.2) is 23.6 Å². The molecule has 0 saturated heterocycles. The smallest absolute Gasteiger partial charge is 0.118 e. The summed E-state index contributed by atoms with van der Waals surface area (Å²) in [6.45, 7) is 0. The molecule has 3 aromatic carbocycles. The lowest BCUT2D eigenvalue weighted by molar-refractivity contribution is 0.932. The lowest BCUT2D eigenvalue weighted by Crippen LogP contribution is -2.08. The number of fused-ring (bicyclic) bond motifs is 1. The summed E-state index contributed by atoms with van der Waals surface area (Å²) < 4.78 is 2.26. The van der Waals surface area contributed by atoms with Gasteiger partial charge < -0.3 is 4.90 Å². The normalized spacial score (nSPS) is 11.0. The van der Waals surface area contributed by atoms with Crippen molar-refractivity contribution in [1.29, 1.82) is 0 Å². The van der Waals surface area contributed by atoms with Gasteiger partial charge in [0.05, 0.1) is 11.0 Å². The molecule has 0 fully saturated rings. The number of nitrogens with zero attached hydrogens (tertiary/aromatic N) is 3. The van der Waals surface area contributed by atoms with E-state index in [0.29, 0.717) is 0 Å². The largest absolute Gasteiger partial charge is 0.378 e. The Morgan fingerprint density at radius 1 is 0.800 bits per heavy atom. The maximum absolute atomic E-state index is 4.89. The third kappa shape index (κ3) is 3.01. The van der Waals surface area contributed by atoms with Crippen LogP contribution in [0.2, 0.25) is 0 Å². The number of anilines is 1. The molecule has 0 atom stereocenters. The van der Waals surface area contributed by atoms with Gasteiger partial charge in [-0.2, -0.15) is 0 Å². The zero-order valence-corrected chi connectivity index (χ0v) is 14.6. The van der Waals surface area contributed by atoms with Crippen LogP contribution in [0.1, 0.15) is 11.4 Å². The molecule has 0 aliphatic rings. The van der Waals surface area contributed by atoms with Gasteiger partial charge in [-0.3, -0.25) is 4.57 Å². The highest BCUT2D eigenvalue weighted by atomic mass is 15.1. The van der Waals surface area contributed by atoms with E-state index in [1.54, 1.807) is 0 Å². The first kappa shape index (κ1) is 15.5. The highest BCUT2D eigenvalue weighted by molar-refractivity contribution is 5.78. The molecule has 0 aliphatic heterocycles. The Morgan fingerprint density at radius 3 is 2.20 bits per heavy atom. The zero-order chi connectivity index (χ0) is 17.2. The molecule has 0 spiro atoms. The molecule has 0 amide bonds. The third-order valence-electron chi connectivity index (χ3n) is 4.46. The summed E-state index contributed by atoms with van der Waals surface area (Å²) in [5, 5.41) is 0. The van der Waals surface area contributed by atoms with Crippen LogP contribution >= 0.6 is 0 Å². The molecule has 0 radical (unpaired) electrons. The van der Waals surface area contributed by atoms with Crippen LogP contribution in [0.5, 0.6) is 0 Å². The number of para-hydroxylation sites is 3. The van der Waals surface area contributed by atoms with Gasteiger partial charge >= 0.3 is 0 Å². The Bertz CT molecular complexity index is 983. The maximum Gasteiger partial charge on any atom is 0.118 e. The first-order chi connectivity index (χ1) is 12.2. The van der Waals surface area contributed by atoms with Gasteiger partial charge in [0.2, 0.25) is 0 Å². The second kappa shape index (κ2) is 6.44. The van der Waals surface area contributed by atoms with Crippen LogP contribution in [-0.2, 0) is 6.42 Å². The van der Waals surface area contributed by atoms with Gasteiger partial charge in [0.25, 0.3) is 0 Å². The molecule has 3 heteroatoms. The summed E-state index contributed by atoms with van der Waals surface area (Å²) in [5.74, 6) is 1.06. The minimum Gasteiger partial charge on any atom is -0.378 e. The number of benzene rings is 3. The van der Waals surface area contributed by atoms with Crippen molar-refractivity contribution in [2.45, 2.75) is 6.42 Å². The average molecular weight is 327 g/mol. The molecular formula is C22H21N3. The monoisotopic (exact) mass is 327 g/mol. The molecule has 124 valence electrons. The molecule has 25 heavy (non-hydrogen) atoms. The number of hydrogen-bond donors (Lipinski definition) is 0. The standard InChI is InChI=1S/C22H21N3/c1-24(2)18-14-12-17(13-15-18)16-22-23-20-10-6-7-11-21(20)25(22)19-8-4-3-5-9-19/h3-15H,16H2,1-2H3. The molecule has 0 saturated carbocycles. The summed E-state index contributed by atoms with van der Waals surface area (Å²) in [6.07, 6.45) is 0.803. The predicted octanol–water partition coefficient (Wildman–Crippen LogP) is 4.68. The summed E-state index contributed by atoms with van der Waals surface area (Å²) >= 11 is 0. The zero-order valence-electron chi connectivity index (χ0n) is 14.6. The van der Waals surface area contributed by atoms with E-state index in [2.05, 4.69) is 90.3 Å². The van der Waals surface area contributed by atoms with Crippen LogP contribution in [0.4, 0.5) is 5.69 Å². The summed E-state index contributed by atoms with van der Waals surface area (Å²) in [6, 6.07) is 27.5. The van der Waals surface area contributed by atoms with Crippen LogP contribution in [0, 0.1) is 0 Å². The van der Waals surface area contributed by atoms with Crippen molar-refractivity contribution in [2.24, 2.45) is 0 Å². The summed E-state index contributed by atoms with van der Waals surface area (Å²) in [7, 11) is 4.12. The Morgan fingerprint density at radius 2 is 1.48 bits per heavy atom. The van der Waals surface area contributed by atoms with E-state index in [9.17, 15) is 0 Å². The van der Waals surface area contributed by atoms with Gasteiger partial charge in [-0.25, -0.2) is 4.98 Å². The van der Waals surface area contributed by atoms with Crippen molar-refractivity contribution < 1.29 is 0 Å². The quantitative estimate of drug-likeness (QED) is 0.542. The molecule has 0 N–H and O–H groups in total. The fourth-order valence-electron chi connectivity index (χ4n) is 3.15. The van der Waals surface area contributed by atoms with E-state index in [-0.39, 0.29) is 0 Å². The lowest BCUT2D eigenvalue weighted by atomic mass is 10.1. The van der Waals surface area contributed by atoms with E-state index >= 15 is 0 Å². The van der Waals surface area contributed by atoms with Gasteiger partial charge in [0.1, 0.15) is 5.82 Å². The molecule has 0 aliphatic carbocycles. The topological polar surface area (TPSA) is 21.1 Å². The molecule has 1 aromatic heterocycles. The maximum atomic E-state index is 4.89.